The Bertz CT molecular complexity index is 381. The highest BCUT2D eigenvalue weighted by atomic mass is 79.9. The molecule has 0 spiro atoms. The Morgan fingerprint density at radius 2 is 2.12 bits per heavy atom. The number of rotatable bonds is 6. The van der Waals surface area contributed by atoms with Gasteiger partial charge in [0.25, 0.3) is 0 Å². The third-order valence-electron chi connectivity index (χ3n) is 1.88. The van der Waals surface area contributed by atoms with E-state index in [1.54, 1.807) is 19.1 Å². The Balaban J connectivity index is 2.94. The lowest BCUT2D eigenvalue weighted by molar-refractivity contribution is -0.0514. The number of ether oxygens (including phenoxy) is 2. The van der Waals surface area contributed by atoms with Crippen molar-refractivity contribution in [2.24, 2.45) is 0 Å². The molecule has 2 nitrogen and oxygen atoms in total. The van der Waals surface area contributed by atoms with E-state index in [1.165, 1.54) is 6.07 Å². The summed E-state index contributed by atoms with van der Waals surface area (Å²) in [6.07, 6.45) is 3.77. The molecule has 0 amide bonds. The van der Waals surface area contributed by atoms with Gasteiger partial charge in [0.2, 0.25) is 0 Å². The molecule has 0 aliphatic heterocycles. The lowest BCUT2D eigenvalue weighted by atomic mass is 10.2. The van der Waals surface area contributed by atoms with Crippen LogP contribution in [0.1, 0.15) is 12.5 Å². The van der Waals surface area contributed by atoms with Gasteiger partial charge in [-0.1, -0.05) is 34.1 Å². The van der Waals surface area contributed by atoms with Crippen LogP contribution in [0, 0.1) is 0 Å². The second-order valence-corrected chi connectivity index (χ2v) is 3.72. The second-order valence-electron chi connectivity index (χ2n) is 3.07. The first-order chi connectivity index (χ1) is 8.17. The van der Waals surface area contributed by atoms with E-state index >= 15 is 0 Å². The van der Waals surface area contributed by atoms with Gasteiger partial charge in [-0.15, -0.1) is 0 Å². The summed E-state index contributed by atoms with van der Waals surface area (Å²) < 4.78 is 33.9. The summed E-state index contributed by atoms with van der Waals surface area (Å²) in [6, 6.07) is 4.84. The van der Waals surface area contributed by atoms with Crippen molar-refractivity contribution in [1.82, 2.24) is 0 Å². The topological polar surface area (TPSA) is 18.5 Å². The first kappa shape index (κ1) is 14.0. The predicted molar refractivity (Wildman–Crippen MR) is 67.1 cm³/mol. The molecule has 0 saturated heterocycles. The molecule has 0 aromatic heterocycles. The fourth-order valence-electron chi connectivity index (χ4n) is 1.27. The van der Waals surface area contributed by atoms with Gasteiger partial charge in [-0.3, -0.25) is 0 Å². The fraction of sp³-hybridized carbons (Fsp3) is 0.333. The predicted octanol–water partition coefficient (Wildman–Crippen LogP) is 4.09. The molecule has 0 atom stereocenters. The molecule has 1 rings (SSSR count). The van der Waals surface area contributed by atoms with Crippen LogP contribution in [0.4, 0.5) is 8.78 Å². The van der Waals surface area contributed by atoms with E-state index in [1.807, 2.05) is 12.2 Å². The van der Waals surface area contributed by atoms with E-state index in [0.717, 1.165) is 10.9 Å². The lowest BCUT2D eigenvalue weighted by Gasteiger charge is -2.11. The van der Waals surface area contributed by atoms with Crippen LogP contribution < -0.4 is 9.47 Å². The average Bonchev–Trinajstić information content (AvgIpc) is 2.29. The lowest BCUT2D eigenvalue weighted by Crippen LogP contribution is -2.04. The molecular weight excluding hydrogens is 294 g/mol. The standard InChI is InChI=1S/C12H13BrF2O2/c1-2-16-11-8-9(4-3-7-13)5-6-10(11)17-12(14)15/h3-6,8,12H,2,7H2,1H3. The van der Waals surface area contributed by atoms with Crippen molar-refractivity contribution in [3.63, 3.8) is 0 Å². The zero-order chi connectivity index (χ0) is 12.7. The van der Waals surface area contributed by atoms with E-state index in [0.29, 0.717) is 12.4 Å². The number of alkyl halides is 3. The SMILES string of the molecule is CCOc1cc(C=CCBr)ccc1OC(F)F. The second kappa shape index (κ2) is 7.27. The quantitative estimate of drug-likeness (QED) is 0.737. The van der Waals surface area contributed by atoms with Gasteiger partial charge in [-0.2, -0.15) is 8.78 Å². The number of allylic oxidation sites excluding steroid dienone is 1. The highest BCUT2D eigenvalue weighted by molar-refractivity contribution is 9.09. The van der Waals surface area contributed by atoms with Crippen molar-refractivity contribution < 1.29 is 18.3 Å². The van der Waals surface area contributed by atoms with E-state index < -0.39 is 6.61 Å². The molecule has 0 aliphatic carbocycles. The molecule has 1 aromatic rings. The first-order valence-corrected chi connectivity index (χ1v) is 6.23. The van der Waals surface area contributed by atoms with Crippen molar-refractivity contribution in [3.8, 4) is 11.5 Å². The van der Waals surface area contributed by atoms with E-state index in [4.69, 9.17) is 4.74 Å². The van der Waals surface area contributed by atoms with Crippen LogP contribution in [0.2, 0.25) is 0 Å². The highest BCUT2D eigenvalue weighted by Crippen LogP contribution is 2.30. The zero-order valence-electron chi connectivity index (χ0n) is 9.33. The van der Waals surface area contributed by atoms with Crippen LogP contribution in [0.3, 0.4) is 0 Å². The Morgan fingerprint density at radius 3 is 2.71 bits per heavy atom. The molecule has 0 saturated carbocycles. The molecule has 0 radical (unpaired) electrons. The maximum Gasteiger partial charge on any atom is 0.387 e. The molecule has 1 aromatic carbocycles. The minimum atomic E-state index is -2.85. The van der Waals surface area contributed by atoms with E-state index in [9.17, 15) is 8.78 Å². The Morgan fingerprint density at radius 1 is 1.35 bits per heavy atom. The largest absolute Gasteiger partial charge is 0.490 e. The summed E-state index contributed by atoms with van der Waals surface area (Å²) in [4.78, 5) is 0. The minimum absolute atomic E-state index is 0.0536. The molecule has 0 N–H and O–H groups in total. The van der Waals surface area contributed by atoms with Gasteiger partial charge in [-0.05, 0) is 24.6 Å². The Labute approximate surface area is 107 Å². The van der Waals surface area contributed by atoms with E-state index in [2.05, 4.69) is 20.7 Å². The molecule has 0 aliphatic rings. The first-order valence-electron chi connectivity index (χ1n) is 5.11. The zero-order valence-corrected chi connectivity index (χ0v) is 10.9. The highest BCUT2D eigenvalue weighted by Gasteiger charge is 2.10. The van der Waals surface area contributed by atoms with Crippen molar-refractivity contribution in [1.29, 1.82) is 0 Å². The van der Waals surface area contributed by atoms with Crippen LogP contribution >= 0.6 is 15.9 Å². The molecular formula is C12H13BrF2O2. The van der Waals surface area contributed by atoms with Gasteiger partial charge in [-0.25, -0.2) is 0 Å². The number of hydrogen-bond donors (Lipinski definition) is 0. The summed E-state index contributed by atoms with van der Waals surface area (Å²) in [7, 11) is 0. The van der Waals surface area contributed by atoms with Crippen LogP contribution in [0.5, 0.6) is 11.5 Å². The number of hydrogen-bond acceptors (Lipinski definition) is 2. The van der Waals surface area contributed by atoms with Crippen LogP contribution in [-0.4, -0.2) is 18.5 Å². The van der Waals surface area contributed by atoms with Crippen LogP contribution in [0.15, 0.2) is 24.3 Å². The normalized spacial score (nSPS) is 11.1. The summed E-state index contributed by atoms with van der Waals surface area (Å²) in [6.45, 7) is -0.670. The van der Waals surface area contributed by atoms with E-state index in [-0.39, 0.29) is 5.75 Å². The maximum atomic E-state index is 12.1. The summed E-state index contributed by atoms with van der Waals surface area (Å²) in [5.74, 6) is 0.377. The minimum Gasteiger partial charge on any atom is -0.490 e. The molecule has 94 valence electrons. The Kier molecular flexibility index (Phi) is 5.97. The van der Waals surface area contributed by atoms with Gasteiger partial charge >= 0.3 is 6.61 Å². The maximum absolute atomic E-state index is 12.1. The molecule has 0 unspecified atom stereocenters. The van der Waals surface area contributed by atoms with Crippen LogP contribution in [-0.2, 0) is 0 Å². The molecule has 17 heavy (non-hydrogen) atoms. The third kappa shape index (κ3) is 4.73. The monoisotopic (exact) mass is 306 g/mol. The van der Waals surface area contributed by atoms with Crippen molar-refractivity contribution in [3.05, 3.63) is 29.8 Å². The third-order valence-corrected chi connectivity index (χ3v) is 2.26. The summed E-state index contributed by atoms with van der Waals surface area (Å²) in [5, 5.41) is 0.728. The number of halogens is 3. The van der Waals surface area contributed by atoms with Crippen molar-refractivity contribution >= 4 is 22.0 Å². The number of benzene rings is 1. The van der Waals surface area contributed by atoms with Crippen molar-refractivity contribution in [2.45, 2.75) is 13.5 Å². The van der Waals surface area contributed by atoms with Crippen molar-refractivity contribution in [2.75, 3.05) is 11.9 Å². The fourth-order valence-corrected chi connectivity index (χ4v) is 1.46. The molecule has 0 fully saturated rings. The van der Waals surface area contributed by atoms with Crippen LogP contribution in [0.25, 0.3) is 6.08 Å². The average molecular weight is 307 g/mol. The summed E-state index contributed by atoms with van der Waals surface area (Å²) >= 11 is 3.26. The molecule has 0 heterocycles. The smallest absolute Gasteiger partial charge is 0.387 e. The summed E-state index contributed by atoms with van der Waals surface area (Å²) in [5.41, 5.74) is 0.870. The van der Waals surface area contributed by atoms with Gasteiger partial charge in [0, 0.05) is 5.33 Å². The molecule has 5 heteroatoms. The Hall–Kier alpha value is -1.10. The van der Waals surface area contributed by atoms with Gasteiger partial charge < -0.3 is 9.47 Å². The van der Waals surface area contributed by atoms with Gasteiger partial charge in [0.1, 0.15) is 0 Å². The van der Waals surface area contributed by atoms with Gasteiger partial charge in [0.05, 0.1) is 6.61 Å². The van der Waals surface area contributed by atoms with Gasteiger partial charge in [0.15, 0.2) is 11.5 Å². The molecule has 0 bridgehead atoms.